The van der Waals surface area contributed by atoms with Crippen molar-refractivity contribution >= 4 is 29.0 Å². The Balaban J connectivity index is 1.41. The molecule has 0 unspecified atom stereocenters. The summed E-state index contributed by atoms with van der Waals surface area (Å²) in [5.74, 6) is 0.751. The highest BCUT2D eigenvalue weighted by atomic mass is 16.5. The molecule has 5 rings (SSSR count). The summed E-state index contributed by atoms with van der Waals surface area (Å²) in [7, 11) is 0. The molecule has 0 radical (unpaired) electrons. The lowest BCUT2D eigenvalue weighted by Crippen LogP contribution is -2.36. The standard InChI is InChI=1S/C26H26N4O/c1-2-6-20(7-3-1)18-22-10-11-23(26(22)30-14-16-31-17-15-30)19-27-29-25-13-12-21-8-4-5-9-24(21)28-25/h1-9,12-13,18-19H,10-11,14-17H2,(H,28,29)/b22-18+,27-19-. The number of benzene rings is 2. The van der Waals surface area contributed by atoms with Gasteiger partial charge in [0.2, 0.25) is 0 Å². The molecule has 1 aromatic heterocycles. The maximum atomic E-state index is 5.58. The number of anilines is 1. The van der Waals surface area contributed by atoms with E-state index in [1.165, 1.54) is 22.4 Å². The monoisotopic (exact) mass is 410 g/mol. The Labute approximate surface area is 182 Å². The number of para-hydroxylation sites is 1. The molecule has 0 spiro atoms. The summed E-state index contributed by atoms with van der Waals surface area (Å²) in [6.07, 6.45) is 6.29. The number of allylic oxidation sites excluding steroid dienone is 2. The number of hydrogen-bond donors (Lipinski definition) is 1. The fraction of sp³-hybridized carbons (Fsp3) is 0.231. The zero-order valence-corrected chi connectivity index (χ0v) is 17.5. The van der Waals surface area contributed by atoms with Crippen LogP contribution in [-0.4, -0.2) is 42.4 Å². The van der Waals surface area contributed by atoms with Gasteiger partial charge in [0.25, 0.3) is 0 Å². The predicted octanol–water partition coefficient (Wildman–Crippen LogP) is 5.10. The zero-order valence-electron chi connectivity index (χ0n) is 17.5. The second-order valence-corrected chi connectivity index (χ2v) is 7.81. The van der Waals surface area contributed by atoms with Crippen molar-refractivity contribution in [3.63, 3.8) is 0 Å². The van der Waals surface area contributed by atoms with Crippen LogP contribution in [0.15, 0.2) is 88.7 Å². The number of hydrazone groups is 1. The molecule has 2 heterocycles. The van der Waals surface area contributed by atoms with Crippen LogP contribution in [-0.2, 0) is 4.74 Å². The number of morpholine rings is 1. The predicted molar refractivity (Wildman–Crippen MR) is 127 cm³/mol. The molecule has 1 fully saturated rings. The molecule has 1 N–H and O–H groups in total. The average Bonchev–Trinajstić information content (AvgIpc) is 3.22. The van der Waals surface area contributed by atoms with Gasteiger partial charge in [-0.05, 0) is 53.8 Å². The van der Waals surface area contributed by atoms with Crippen LogP contribution < -0.4 is 5.43 Å². The van der Waals surface area contributed by atoms with E-state index in [0.717, 1.165) is 55.9 Å². The van der Waals surface area contributed by atoms with Crippen molar-refractivity contribution < 1.29 is 4.74 Å². The van der Waals surface area contributed by atoms with Gasteiger partial charge in [-0.15, -0.1) is 0 Å². The Bertz CT molecular complexity index is 1140. The molecule has 0 bridgehead atoms. The molecule has 0 amide bonds. The highest BCUT2D eigenvalue weighted by molar-refractivity contribution is 5.84. The fourth-order valence-electron chi connectivity index (χ4n) is 4.23. The molecule has 156 valence electrons. The Morgan fingerprint density at radius 1 is 0.903 bits per heavy atom. The van der Waals surface area contributed by atoms with Crippen LogP contribution in [0.4, 0.5) is 5.82 Å². The van der Waals surface area contributed by atoms with Gasteiger partial charge in [0.05, 0.1) is 24.9 Å². The minimum absolute atomic E-state index is 0.751. The number of rotatable bonds is 5. The fourth-order valence-corrected chi connectivity index (χ4v) is 4.23. The van der Waals surface area contributed by atoms with Gasteiger partial charge < -0.3 is 9.64 Å². The van der Waals surface area contributed by atoms with Gasteiger partial charge in [-0.25, -0.2) is 4.98 Å². The number of nitrogens with one attached hydrogen (secondary N) is 1. The van der Waals surface area contributed by atoms with E-state index in [1.807, 2.05) is 30.5 Å². The van der Waals surface area contributed by atoms with Gasteiger partial charge in [-0.2, -0.15) is 5.10 Å². The number of hydrogen-bond acceptors (Lipinski definition) is 5. The largest absolute Gasteiger partial charge is 0.378 e. The number of nitrogens with zero attached hydrogens (tertiary/aromatic N) is 3. The van der Waals surface area contributed by atoms with E-state index in [4.69, 9.17) is 4.74 Å². The minimum atomic E-state index is 0.751. The summed E-state index contributed by atoms with van der Waals surface area (Å²) in [6, 6.07) is 22.7. The summed E-state index contributed by atoms with van der Waals surface area (Å²) in [5, 5.41) is 5.66. The molecular formula is C26H26N4O. The molecule has 31 heavy (non-hydrogen) atoms. The smallest absolute Gasteiger partial charge is 0.146 e. The van der Waals surface area contributed by atoms with Crippen LogP contribution >= 0.6 is 0 Å². The molecule has 3 aromatic rings. The summed E-state index contributed by atoms with van der Waals surface area (Å²) < 4.78 is 5.58. The maximum Gasteiger partial charge on any atom is 0.146 e. The third-order valence-corrected chi connectivity index (χ3v) is 5.74. The van der Waals surface area contributed by atoms with Crippen LogP contribution in [0, 0.1) is 0 Å². The Hall–Kier alpha value is -3.44. The molecular weight excluding hydrogens is 384 g/mol. The summed E-state index contributed by atoms with van der Waals surface area (Å²) in [4.78, 5) is 7.09. The number of fused-ring (bicyclic) bond motifs is 1. The van der Waals surface area contributed by atoms with Crippen molar-refractivity contribution in [1.29, 1.82) is 0 Å². The van der Waals surface area contributed by atoms with E-state index >= 15 is 0 Å². The van der Waals surface area contributed by atoms with E-state index in [9.17, 15) is 0 Å². The molecule has 0 atom stereocenters. The number of ether oxygens (including phenoxy) is 1. The third-order valence-electron chi connectivity index (χ3n) is 5.74. The van der Waals surface area contributed by atoms with Crippen LogP contribution in [0.3, 0.4) is 0 Å². The second kappa shape index (κ2) is 9.14. The Morgan fingerprint density at radius 2 is 1.71 bits per heavy atom. The molecule has 1 aliphatic heterocycles. The van der Waals surface area contributed by atoms with Gasteiger partial charge in [0, 0.05) is 24.2 Å². The first-order valence-electron chi connectivity index (χ1n) is 10.8. The Morgan fingerprint density at radius 3 is 2.58 bits per heavy atom. The zero-order chi connectivity index (χ0) is 20.9. The maximum absolute atomic E-state index is 5.58. The lowest BCUT2D eigenvalue weighted by molar-refractivity contribution is 0.0548. The SMILES string of the molecule is C(=N/Nc1ccc2ccccc2n1)/C1=C(N2CCOCC2)C(=C/c2ccccc2)/CC1. The second-order valence-electron chi connectivity index (χ2n) is 7.81. The summed E-state index contributed by atoms with van der Waals surface area (Å²) >= 11 is 0. The Kier molecular flexibility index (Phi) is 5.76. The quantitative estimate of drug-likeness (QED) is 0.470. The molecule has 2 aromatic carbocycles. The number of aromatic nitrogens is 1. The van der Waals surface area contributed by atoms with Gasteiger partial charge in [-0.1, -0.05) is 48.5 Å². The van der Waals surface area contributed by atoms with Gasteiger partial charge in [-0.3, -0.25) is 5.43 Å². The van der Waals surface area contributed by atoms with Crippen molar-refractivity contribution in [3.05, 3.63) is 89.1 Å². The van der Waals surface area contributed by atoms with E-state index in [2.05, 4.69) is 69.0 Å². The molecule has 5 heteroatoms. The van der Waals surface area contributed by atoms with Crippen molar-refractivity contribution in [2.45, 2.75) is 12.8 Å². The highest BCUT2D eigenvalue weighted by Crippen LogP contribution is 2.35. The first kappa shape index (κ1) is 19.5. The first-order chi connectivity index (χ1) is 15.4. The lowest BCUT2D eigenvalue weighted by Gasteiger charge is -2.31. The average molecular weight is 411 g/mol. The van der Waals surface area contributed by atoms with Crippen molar-refractivity contribution in [3.8, 4) is 0 Å². The number of pyridine rings is 1. The molecule has 1 aliphatic carbocycles. The highest BCUT2D eigenvalue weighted by Gasteiger charge is 2.25. The molecule has 1 saturated heterocycles. The summed E-state index contributed by atoms with van der Waals surface area (Å²) in [5.41, 5.74) is 9.26. The topological polar surface area (TPSA) is 49.8 Å². The van der Waals surface area contributed by atoms with Crippen LogP contribution in [0.2, 0.25) is 0 Å². The first-order valence-corrected chi connectivity index (χ1v) is 10.8. The molecule has 0 saturated carbocycles. The van der Waals surface area contributed by atoms with Crippen LogP contribution in [0.25, 0.3) is 17.0 Å². The van der Waals surface area contributed by atoms with Gasteiger partial charge in [0.15, 0.2) is 0 Å². The molecule has 5 nitrogen and oxygen atoms in total. The van der Waals surface area contributed by atoms with Crippen LogP contribution in [0.1, 0.15) is 18.4 Å². The lowest BCUT2D eigenvalue weighted by atomic mass is 10.1. The summed E-state index contributed by atoms with van der Waals surface area (Å²) in [6.45, 7) is 3.37. The third kappa shape index (κ3) is 4.52. The normalized spacial score (nSPS) is 18.5. The van der Waals surface area contributed by atoms with E-state index in [1.54, 1.807) is 0 Å². The van der Waals surface area contributed by atoms with Gasteiger partial charge in [0.1, 0.15) is 5.82 Å². The van der Waals surface area contributed by atoms with Gasteiger partial charge >= 0.3 is 0 Å². The van der Waals surface area contributed by atoms with E-state index < -0.39 is 0 Å². The van der Waals surface area contributed by atoms with Crippen molar-refractivity contribution in [2.75, 3.05) is 31.7 Å². The van der Waals surface area contributed by atoms with Crippen molar-refractivity contribution in [1.82, 2.24) is 9.88 Å². The van der Waals surface area contributed by atoms with E-state index in [-0.39, 0.29) is 0 Å². The minimum Gasteiger partial charge on any atom is -0.378 e. The van der Waals surface area contributed by atoms with Crippen molar-refractivity contribution in [2.24, 2.45) is 5.10 Å². The van der Waals surface area contributed by atoms with E-state index in [0.29, 0.717) is 0 Å². The molecule has 2 aliphatic rings. The van der Waals surface area contributed by atoms with Crippen LogP contribution in [0.5, 0.6) is 0 Å².